The second-order valence-corrected chi connectivity index (χ2v) is 4.25. The molecular weight excluding hydrogens is 261 g/mol. The molecule has 1 aromatic carbocycles. The molecule has 0 radical (unpaired) electrons. The Labute approximate surface area is 110 Å². The van der Waals surface area contributed by atoms with Crippen molar-refractivity contribution in [1.82, 2.24) is 5.32 Å². The Morgan fingerprint density at radius 3 is 2.76 bits per heavy atom. The number of methoxy groups -OCH3 is 1. The van der Waals surface area contributed by atoms with E-state index < -0.39 is 5.97 Å². The summed E-state index contributed by atoms with van der Waals surface area (Å²) < 4.78 is 4.47. The van der Waals surface area contributed by atoms with Crippen molar-refractivity contribution in [3.63, 3.8) is 0 Å². The average Bonchev–Trinajstić information content (AvgIpc) is 2.28. The zero-order chi connectivity index (χ0) is 12.8. The number of carbonyl (C=O) groups is 1. The molecule has 0 aromatic heterocycles. The Bertz CT molecular complexity index is 433. The molecule has 3 nitrogen and oxygen atoms in total. The van der Waals surface area contributed by atoms with Crippen molar-refractivity contribution in [2.75, 3.05) is 7.11 Å². The standard InChI is InChI=1S/C12H13Cl2NO2/c1-8(15-6-5-12(16)17-2)10-4-3-9(13)7-11(10)14/h3-8,15H,1-2H3/b6-5+. The number of esters is 1. The summed E-state index contributed by atoms with van der Waals surface area (Å²) in [4.78, 5) is 10.8. The third-order valence-electron chi connectivity index (χ3n) is 2.20. The van der Waals surface area contributed by atoms with Gasteiger partial charge in [0.15, 0.2) is 0 Å². The molecule has 17 heavy (non-hydrogen) atoms. The van der Waals surface area contributed by atoms with E-state index >= 15 is 0 Å². The first-order valence-electron chi connectivity index (χ1n) is 5.00. The SMILES string of the molecule is COC(=O)/C=C/NC(C)c1ccc(Cl)cc1Cl. The van der Waals surface area contributed by atoms with Gasteiger partial charge in [0.1, 0.15) is 0 Å². The fraction of sp³-hybridized carbons (Fsp3) is 0.250. The number of ether oxygens (including phenoxy) is 1. The van der Waals surface area contributed by atoms with Crippen LogP contribution in [-0.2, 0) is 9.53 Å². The number of benzene rings is 1. The molecule has 0 fully saturated rings. The van der Waals surface area contributed by atoms with Crippen LogP contribution in [0.4, 0.5) is 0 Å². The van der Waals surface area contributed by atoms with Gasteiger partial charge in [-0.25, -0.2) is 4.79 Å². The molecule has 0 spiro atoms. The molecule has 0 aliphatic carbocycles. The van der Waals surface area contributed by atoms with Gasteiger partial charge in [0.25, 0.3) is 0 Å². The van der Waals surface area contributed by atoms with Crippen LogP contribution in [0.3, 0.4) is 0 Å². The van der Waals surface area contributed by atoms with Crippen LogP contribution in [0, 0.1) is 0 Å². The highest BCUT2D eigenvalue weighted by Crippen LogP contribution is 2.25. The lowest BCUT2D eigenvalue weighted by Gasteiger charge is -2.13. The summed E-state index contributed by atoms with van der Waals surface area (Å²) in [7, 11) is 1.33. The van der Waals surface area contributed by atoms with Crippen molar-refractivity contribution >= 4 is 29.2 Å². The molecule has 1 N–H and O–H groups in total. The van der Waals surface area contributed by atoms with E-state index in [1.165, 1.54) is 19.4 Å². The van der Waals surface area contributed by atoms with Crippen LogP contribution in [0.5, 0.6) is 0 Å². The number of halogens is 2. The fourth-order valence-corrected chi connectivity index (χ4v) is 1.84. The summed E-state index contributed by atoms with van der Waals surface area (Å²) in [5.74, 6) is -0.410. The van der Waals surface area contributed by atoms with E-state index in [1.54, 1.807) is 12.1 Å². The lowest BCUT2D eigenvalue weighted by molar-refractivity contribution is -0.134. The van der Waals surface area contributed by atoms with E-state index in [1.807, 2.05) is 13.0 Å². The first kappa shape index (κ1) is 13.9. The van der Waals surface area contributed by atoms with E-state index in [0.717, 1.165) is 5.56 Å². The topological polar surface area (TPSA) is 38.3 Å². The van der Waals surface area contributed by atoms with E-state index in [0.29, 0.717) is 10.0 Å². The number of carbonyl (C=O) groups excluding carboxylic acids is 1. The minimum Gasteiger partial charge on any atom is -0.466 e. The second kappa shape index (κ2) is 6.52. The Kier molecular flexibility index (Phi) is 5.32. The molecule has 1 atom stereocenters. The zero-order valence-corrected chi connectivity index (χ0v) is 11.0. The third kappa shape index (κ3) is 4.29. The smallest absolute Gasteiger partial charge is 0.331 e. The molecule has 0 amide bonds. The molecule has 0 aliphatic rings. The fourth-order valence-electron chi connectivity index (χ4n) is 1.27. The normalized spacial score (nSPS) is 12.5. The first-order valence-corrected chi connectivity index (χ1v) is 5.75. The zero-order valence-electron chi connectivity index (χ0n) is 9.54. The molecule has 0 aliphatic heterocycles. The Morgan fingerprint density at radius 1 is 1.47 bits per heavy atom. The van der Waals surface area contributed by atoms with Crippen molar-refractivity contribution in [2.24, 2.45) is 0 Å². The molecular formula is C12H13Cl2NO2. The van der Waals surface area contributed by atoms with Crippen molar-refractivity contribution in [1.29, 1.82) is 0 Å². The van der Waals surface area contributed by atoms with Crippen LogP contribution in [-0.4, -0.2) is 13.1 Å². The highest BCUT2D eigenvalue weighted by molar-refractivity contribution is 6.35. The number of hydrogen-bond acceptors (Lipinski definition) is 3. The van der Waals surface area contributed by atoms with Crippen molar-refractivity contribution in [3.05, 3.63) is 46.1 Å². The van der Waals surface area contributed by atoms with Gasteiger partial charge in [0, 0.05) is 28.4 Å². The van der Waals surface area contributed by atoms with Gasteiger partial charge in [-0.2, -0.15) is 0 Å². The van der Waals surface area contributed by atoms with Crippen LogP contribution in [0.1, 0.15) is 18.5 Å². The molecule has 0 heterocycles. The van der Waals surface area contributed by atoms with Gasteiger partial charge in [0.2, 0.25) is 0 Å². The maximum absolute atomic E-state index is 10.8. The van der Waals surface area contributed by atoms with Crippen molar-refractivity contribution in [2.45, 2.75) is 13.0 Å². The summed E-state index contributed by atoms with van der Waals surface area (Å²) in [5.41, 5.74) is 0.908. The molecule has 0 bridgehead atoms. The maximum Gasteiger partial charge on any atom is 0.331 e. The summed E-state index contributed by atoms with van der Waals surface area (Å²) in [6.07, 6.45) is 2.84. The second-order valence-electron chi connectivity index (χ2n) is 3.41. The summed E-state index contributed by atoms with van der Waals surface area (Å²) in [6.45, 7) is 1.93. The summed E-state index contributed by atoms with van der Waals surface area (Å²) in [6, 6.07) is 5.26. The van der Waals surface area contributed by atoms with Crippen molar-refractivity contribution < 1.29 is 9.53 Å². The quantitative estimate of drug-likeness (QED) is 0.676. The van der Waals surface area contributed by atoms with Gasteiger partial charge >= 0.3 is 5.97 Å². The first-order chi connectivity index (χ1) is 8.04. The highest BCUT2D eigenvalue weighted by Gasteiger charge is 2.08. The molecule has 1 unspecified atom stereocenters. The van der Waals surface area contributed by atoms with Gasteiger partial charge in [-0.05, 0) is 24.6 Å². The lowest BCUT2D eigenvalue weighted by Crippen LogP contribution is -2.12. The van der Waals surface area contributed by atoms with Gasteiger partial charge in [-0.3, -0.25) is 0 Å². The van der Waals surface area contributed by atoms with Crippen LogP contribution >= 0.6 is 23.2 Å². The number of rotatable bonds is 4. The van der Waals surface area contributed by atoms with E-state index in [-0.39, 0.29) is 6.04 Å². The van der Waals surface area contributed by atoms with Crippen LogP contribution in [0.15, 0.2) is 30.5 Å². The van der Waals surface area contributed by atoms with E-state index in [9.17, 15) is 4.79 Å². The van der Waals surface area contributed by atoms with E-state index in [2.05, 4.69) is 10.1 Å². The highest BCUT2D eigenvalue weighted by atomic mass is 35.5. The predicted molar refractivity (Wildman–Crippen MR) is 69.2 cm³/mol. The van der Waals surface area contributed by atoms with Gasteiger partial charge in [-0.1, -0.05) is 29.3 Å². The average molecular weight is 274 g/mol. The summed E-state index contributed by atoms with van der Waals surface area (Å²) >= 11 is 11.9. The number of nitrogens with one attached hydrogen (secondary N) is 1. The van der Waals surface area contributed by atoms with Crippen LogP contribution in [0.25, 0.3) is 0 Å². The van der Waals surface area contributed by atoms with Gasteiger partial charge in [0.05, 0.1) is 7.11 Å². The van der Waals surface area contributed by atoms with Crippen LogP contribution < -0.4 is 5.32 Å². The Hall–Kier alpha value is -1.19. The summed E-state index contributed by atoms with van der Waals surface area (Å²) in [5, 5.41) is 4.20. The largest absolute Gasteiger partial charge is 0.466 e. The molecule has 0 saturated carbocycles. The van der Waals surface area contributed by atoms with Crippen molar-refractivity contribution in [3.8, 4) is 0 Å². The van der Waals surface area contributed by atoms with Crippen LogP contribution in [0.2, 0.25) is 10.0 Å². The minimum atomic E-state index is -0.410. The Morgan fingerprint density at radius 2 is 2.18 bits per heavy atom. The minimum absolute atomic E-state index is 0.0272. The maximum atomic E-state index is 10.8. The van der Waals surface area contributed by atoms with Gasteiger partial charge in [-0.15, -0.1) is 0 Å². The molecule has 1 aromatic rings. The lowest BCUT2D eigenvalue weighted by atomic mass is 10.1. The third-order valence-corrected chi connectivity index (χ3v) is 2.76. The molecule has 5 heteroatoms. The van der Waals surface area contributed by atoms with E-state index in [4.69, 9.17) is 23.2 Å². The molecule has 92 valence electrons. The Balaban J connectivity index is 2.67. The number of hydrogen-bond donors (Lipinski definition) is 1. The molecule has 0 saturated heterocycles. The predicted octanol–water partition coefficient (Wildman–Crippen LogP) is 3.33. The monoisotopic (exact) mass is 273 g/mol. The van der Waals surface area contributed by atoms with Gasteiger partial charge < -0.3 is 10.1 Å². The molecule has 1 rings (SSSR count).